The van der Waals surface area contributed by atoms with Gasteiger partial charge in [0.2, 0.25) is 10.0 Å². The lowest BCUT2D eigenvalue weighted by atomic mass is 10.2. The van der Waals surface area contributed by atoms with E-state index in [4.69, 9.17) is 9.47 Å². The van der Waals surface area contributed by atoms with Crippen LogP contribution in [0.2, 0.25) is 0 Å². The van der Waals surface area contributed by atoms with Gasteiger partial charge in [0.25, 0.3) is 5.88 Å². The van der Waals surface area contributed by atoms with Gasteiger partial charge in [-0.25, -0.2) is 13.1 Å². The molecule has 4 rings (SSSR count). The Labute approximate surface area is 180 Å². The zero-order valence-corrected chi connectivity index (χ0v) is 17.5. The summed E-state index contributed by atoms with van der Waals surface area (Å²) in [5.74, 6) is 1.27. The standard InChI is InChI=1S/C22H20N4O4S/c1-31(27,28)24-20-13-12-18(14-21(20)30-19-10-6-3-7-11-19)26-15-22(23-25-26)29-16-17-8-4-2-5-9-17/h2-15,24H,16H2,1H3. The van der Waals surface area contributed by atoms with Crippen LogP contribution >= 0.6 is 0 Å². The molecule has 0 spiro atoms. The first-order valence-corrected chi connectivity index (χ1v) is 11.3. The number of nitrogens with one attached hydrogen (secondary N) is 1. The summed E-state index contributed by atoms with van der Waals surface area (Å²) in [4.78, 5) is 0. The second-order valence-corrected chi connectivity index (χ2v) is 8.49. The molecule has 0 aliphatic rings. The second kappa shape index (κ2) is 8.88. The maximum absolute atomic E-state index is 11.7. The Kier molecular flexibility index (Phi) is 5.85. The summed E-state index contributed by atoms with van der Waals surface area (Å²) < 4.78 is 39.1. The molecule has 31 heavy (non-hydrogen) atoms. The van der Waals surface area contributed by atoms with Gasteiger partial charge in [-0.1, -0.05) is 58.8 Å². The Bertz CT molecular complexity index is 1260. The van der Waals surface area contributed by atoms with Crippen LogP contribution in [-0.4, -0.2) is 29.7 Å². The molecule has 0 bridgehead atoms. The summed E-state index contributed by atoms with van der Waals surface area (Å²) in [7, 11) is -3.48. The minimum Gasteiger partial charge on any atom is -0.471 e. The lowest BCUT2D eigenvalue weighted by Gasteiger charge is -2.13. The summed E-state index contributed by atoms with van der Waals surface area (Å²) in [6.07, 6.45) is 2.73. The maximum atomic E-state index is 11.7. The Hall–Kier alpha value is -3.85. The van der Waals surface area contributed by atoms with Crippen LogP contribution in [0, 0.1) is 0 Å². The topological polar surface area (TPSA) is 95.3 Å². The molecule has 1 heterocycles. The molecule has 0 aliphatic heterocycles. The van der Waals surface area contributed by atoms with E-state index in [2.05, 4.69) is 15.0 Å². The van der Waals surface area contributed by atoms with Crippen LogP contribution in [0.25, 0.3) is 5.69 Å². The van der Waals surface area contributed by atoms with Gasteiger partial charge in [0.1, 0.15) is 12.4 Å². The summed E-state index contributed by atoms with van der Waals surface area (Å²) >= 11 is 0. The molecule has 8 nitrogen and oxygen atoms in total. The van der Waals surface area contributed by atoms with Crippen molar-refractivity contribution in [3.8, 4) is 23.1 Å². The van der Waals surface area contributed by atoms with E-state index in [0.29, 0.717) is 35.4 Å². The molecule has 158 valence electrons. The number of hydrogen-bond acceptors (Lipinski definition) is 6. The van der Waals surface area contributed by atoms with Gasteiger partial charge in [0.15, 0.2) is 5.75 Å². The molecule has 1 aromatic heterocycles. The number of nitrogens with zero attached hydrogens (tertiary/aromatic N) is 3. The van der Waals surface area contributed by atoms with Crippen molar-refractivity contribution in [2.45, 2.75) is 6.61 Å². The zero-order valence-electron chi connectivity index (χ0n) is 16.7. The third-order valence-corrected chi connectivity index (χ3v) is 4.79. The fourth-order valence-electron chi connectivity index (χ4n) is 2.81. The minimum atomic E-state index is -3.48. The molecule has 0 atom stereocenters. The van der Waals surface area contributed by atoms with Crippen molar-refractivity contribution in [1.29, 1.82) is 0 Å². The predicted molar refractivity (Wildman–Crippen MR) is 117 cm³/mol. The first-order valence-electron chi connectivity index (χ1n) is 9.40. The van der Waals surface area contributed by atoms with E-state index >= 15 is 0 Å². The maximum Gasteiger partial charge on any atom is 0.254 e. The molecule has 0 saturated heterocycles. The zero-order chi connectivity index (χ0) is 21.7. The van der Waals surface area contributed by atoms with Crippen LogP contribution in [0.15, 0.2) is 85.1 Å². The highest BCUT2D eigenvalue weighted by atomic mass is 32.2. The Balaban J connectivity index is 1.58. The Morgan fingerprint density at radius 1 is 0.968 bits per heavy atom. The summed E-state index contributed by atoms with van der Waals surface area (Å²) in [5.41, 5.74) is 1.97. The van der Waals surface area contributed by atoms with Gasteiger partial charge in [-0.3, -0.25) is 4.72 Å². The van der Waals surface area contributed by atoms with Gasteiger partial charge in [-0.2, -0.15) is 0 Å². The van der Waals surface area contributed by atoms with E-state index in [1.54, 1.807) is 36.5 Å². The average Bonchev–Trinajstić information content (AvgIpc) is 3.23. The fraction of sp³-hybridized carbons (Fsp3) is 0.0909. The van der Waals surface area contributed by atoms with Crippen LogP contribution in [0.3, 0.4) is 0 Å². The first kappa shape index (κ1) is 20.4. The predicted octanol–water partition coefficient (Wildman–Crippen LogP) is 4.01. The van der Waals surface area contributed by atoms with Crippen LogP contribution in [-0.2, 0) is 16.6 Å². The Morgan fingerprint density at radius 3 is 2.39 bits per heavy atom. The van der Waals surface area contributed by atoms with Crippen molar-refractivity contribution < 1.29 is 17.9 Å². The molecule has 0 radical (unpaired) electrons. The second-order valence-electron chi connectivity index (χ2n) is 6.75. The van der Waals surface area contributed by atoms with E-state index in [1.807, 2.05) is 48.5 Å². The van der Waals surface area contributed by atoms with Crippen LogP contribution < -0.4 is 14.2 Å². The fourth-order valence-corrected chi connectivity index (χ4v) is 3.38. The number of sulfonamides is 1. The van der Waals surface area contributed by atoms with Gasteiger partial charge < -0.3 is 9.47 Å². The number of aromatic nitrogens is 3. The monoisotopic (exact) mass is 436 g/mol. The third-order valence-electron chi connectivity index (χ3n) is 4.20. The number of benzene rings is 3. The number of ether oxygens (including phenoxy) is 2. The highest BCUT2D eigenvalue weighted by molar-refractivity contribution is 7.92. The molecule has 4 aromatic rings. The van der Waals surface area contributed by atoms with Crippen LogP contribution in [0.4, 0.5) is 5.69 Å². The van der Waals surface area contributed by atoms with Crippen molar-refractivity contribution in [2.24, 2.45) is 0 Å². The summed E-state index contributed by atoms with van der Waals surface area (Å²) in [6.45, 7) is 0.374. The molecule has 3 aromatic carbocycles. The van der Waals surface area contributed by atoms with E-state index < -0.39 is 10.0 Å². The molecule has 0 unspecified atom stereocenters. The normalized spacial score (nSPS) is 11.1. The highest BCUT2D eigenvalue weighted by Crippen LogP contribution is 2.32. The van der Waals surface area contributed by atoms with Gasteiger partial charge in [-0.05, 0) is 29.8 Å². The van der Waals surface area contributed by atoms with E-state index in [0.717, 1.165) is 11.8 Å². The molecule has 9 heteroatoms. The molecule has 0 aliphatic carbocycles. The lowest BCUT2D eigenvalue weighted by Crippen LogP contribution is -2.10. The van der Waals surface area contributed by atoms with Crippen molar-refractivity contribution in [3.63, 3.8) is 0 Å². The van der Waals surface area contributed by atoms with Crippen LogP contribution in [0.1, 0.15) is 5.56 Å². The largest absolute Gasteiger partial charge is 0.471 e. The van der Waals surface area contributed by atoms with Crippen molar-refractivity contribution >= 4 is 15.7 Å². The van der Waals surface area contributed by atoms with Crippen molar-refractivity contribution in [2.75, 3.05) is 11.0 Å². The van der Waals surface area contributed by atoms with Crippen LogP contribution in [0.5, 0.6) is 17.4 Å². The smallest absolute Gasteiger partial charge is 0.254 e. The summed E-state index contributed by atoms with van der Waals surface area (Å²) in [5, 5.41) is 8.14. The molecule has 0 saturated carbocycles. The van der Waals surface area contributed by atoms with Gasteiger partial charge in [0, 0.05) is 6.07 Å². The summed E-state index contributed by atoms with van der Waals surface area (Å²) in [6, 6.07) is 23.8. The molecular weight excluding hydrogens is 416 g/mol. The lowest BCUT2D eigenvalue weighted by molar-refractivity contribution is 0.293. The third kappa shape index (κ3) is 5.61. The van der Waals surface area contributed by atoms with E-state index in [1.165, 1.54) is 4.68 Å². The SMILES string of the molecule is CS(=O)(=O)Nc1ccc(-n2cc(OCc3ccccc3)nn2)cc1Oc1ccccc1. The highest BCUT2D eigenvalue weighted by Gasteiger charge is 2.13. The van der Waals surface area contributed by atoms with Gasteiger partial charge in [-0.15, -0.1) is 0 Å². The van der Waals surface area contributed by atoms with Crippen molar-refractivity contribution in [1.82, 2.24) is 15.0 Å². The Morgan fingerprint density at radius 2 is 1.68 bits per heavy atom. The first-order chi connectivity index (χ1) is 15.0. The quantitative estimate of drug-likeness (QED) is 0.448. The number of hydrogen-bond donors (Lipinski definition) is 1. The average molecular weight is 436 g/mol. The number of rotatable bonds is 8. The minimum absolute atomic E-state index is 0.316. The van der Waals surface area contributed by atoms with Gasteiger partial charge in [0.05, 0.1) is 23.8 Å². The molecule has 0 fully saturated rings. The molecular formula is C22H20N4O4S. The van der Waals surface area contributed by atoms with Gasteiger partial charge >= 0.3 is 0 Å². The number of anilines is 1. The van der Waals surface area contributed by atoms with Crippen molar-refractivity contribution in [3.05, 3.63) is 90.6 Å². The molecule has 0 amide bonds. The molecule has 1 N–H and O–H groups in total. The van der Waals surface area contributed by atoms with E-state index in [-0.39, 0.29) is 0 Å². The van der Waals surface area contributed by atoms with E-state index in [9.17, 15) is 8.42 Å². The number of para-hydroxylation sites is 1.